The lowest BCUT2D eigenvalue weighted by Crippen LogP contribution is -2.50. The monoisotopic (exact) mass is 396 g/mol. The summed E-state index contributed by atoms with van der Waals surface area (Å²) in [5.74, 6) is 1.40. The van der Waals surface area contributed by atoms with E-state index in [0.717, 1.165) is 19.3 Å². The number of halogens is 2. The Kier molecular flexibility index (Phi) is 4.91. The number of esters is 2. The highest BCUT2D eigenvalue weighted by Gasteiger charge is 2.55. The maximum Gasteiger partial charge on any atom is 0.339 e. The first-order chi connectivity index (χ1) is 12.5. The number of benzene rings is 1. The fourth-order valence-corrected chi connectivity index (χ4v) is 5.90. The van der Waals surface area contributed by atoms with E-state index in [0.29, 0.717) is 22.8 Å². The molecule has 0 N–H and O–H groups in total. The number of rotatable bonds is 5. The van der Waals surface area contributed by atoms with Crippen LogP contribution in [-0.2, 0) is 14.3 Å². The summed E-state index contributed by atoms with van der Waals surface area (Å²) in [7, 11) is 0. The van der Waals surface area contributed by atoms with Gasteiger partial charge in [0.1, 0.15) is 13.2 Å². The molecule has 4 fully saturated rings. The van der Waals surface area contributed by atoms with Gasteiger partial charge in [0.2, 0.25) is 0 Å². The van der Waals surface area contributed by atoms with Crippen molar-refractivity contribution in [2.24, 2.45) is 23.2 Å². The van der Waals surface area contributed by atoms with Gasteiger partial charge in [0.05, 0.1) is 21.0 Å². The van der Waals surface area contributed by atoms with Crippen molar-refractivity contribution in [2.75, 3.05) is 13.2 Å². The number of ether oxygens (including phenoxy) is 2. The standard InChI is InChI=1S/C20H22Cl2O4/c21-16-3-1-2-15(17(16)22)18(23)25-4-5-26-19(24)20-9-12-6-13(10-20)8-14(7-12)11-20/h1-3,12-14H,4-11H2. The zero-order valence-electron chi connectivity index (χ0n) is 14.5. The van der Waals surface area contributed by atoms with Gasteiger partial charge in [-0.3, -0.25) is 4.79 Å². The lowest BCUT2D eigenvalue weighted by molar-refractivity contribution is -0.172. The first-order valence-corrected chi connectivity index (χ1v) is 10.0. The van der Waals surface area contributed by atoms with Crippen molar-refractivity contribution in [1.29, 1.82) is 0 Å². The Labute approximate surface area is 163 Å². The molecule has 1 aromatic rings. The molecule has 4 aliphatic rings. The Balaban J connectivity index is 1.28. The number of hydrogen-bond donors (Lipinski definition) is 0. The normalized spacial score (nSPS) is 31.7. The zero-order valence-corrected chi connectivity index (χ0v) is 16.0. The van der Waals surface area contributed by atoms with Crippen LogP contribution in [0.25, 0.3) is 0 Å². The van der Waals surface area contributed by atoms with Gasteiger partial charge in [0, 0.05) is 0 Å². The predicted molar refractivity (Wildman–Crippen MR) is 98.3 cm³/mol. The predicted octanol–water partition coefficient (Wildman–Crippen LogP) is 4.91. The van der Waals surface area contributed by atoms with Gasteiger partial charge in [-0.25, -0.2) is 4.79 Å². The van der Waals surface area contributed by atoms with Crippen LogP contribution in [-0.4, -0.2) is 25.2 Å². The molecule has 0 radical (unpaired) electrons. The number of carbonyl (C=O) groups is 2. The molecule has 0 spiro atoms. The van der Waals surface area contributed by atoms with Gasteiger partial charge in [0.25, 0.3) is 0 Å². The second-order valence-corrected chi connectivity index (χ2v) is 8.86. The minimum atomic E-state index is -0.566. The summed E-state index contributed by atoms with van der Waals surface area (Å²) in [4.78, 5) is 24.8. The van der Waals surface area contributed by atoms with Crippen LogP contribution in [0.5, 0.6) is 0 Å². The van der Waals surface area contributed by atoms with Gasteiger partial charge in [-0.15, -0.1) is 0 Å². The third kappa shape index (κ3) is 3.34. The van der Waals surface area contributed by atoms with Crippen LogP contribution in [0, 0.1) is 23.2 Å². The molecule has 0 aromatic heterocycles. The molecule has 0 atom stereocenters. The Hall–Kier alpha value is -1.26. The molecule has 6 heteroatoms. The highest BCUT2D eigenvalue weighted by atomic mass is 35.5. The Morgan fingerprint density at radius 1 is 0.962 bits per heavy atom. The summed E-state index contributed by atoms with van der Waals surface area (Å²) in [6.07, 6.45) is 6.75. The van der Waals surface area contributed by atoms with E-state index >= 15 is 0 Å². The van der Waals surface area contributed by atoms with Crippen LogP contribution in [0.15, 0.2) is 18.2 Å². The first-order valence-electron chi connectivity index (χ1n) is 9.25. The van der Waals surface area contributed by atoms with Gasteiger partial charge in [-0.05, 0) is 68.4 Å². The molecular formula is C20H22Cl2O4. The van der Waals surface area contributed by atoms with Crippen molar-refractivity contribution >= 4 is 35.1 Å². The van der Waals surface area contributed by atoms with Crippen LogP contribution in [0.3, 0.4) is 0 Å². The fraction of sp³-hybridized carbons (Fsp3) is 0.600. The van der Waals surface area contributed by atoms with Crippen LogP contribution in [0.1, 0.15) is 48.9 Å². The largest absolute Gasteiger partial charge is 0.462 e. The lowest BCUT2D eigenvalue weighted by Gasteiger charge is -2.55. The van der Waals surface area contributed by atoms with Crippen molar-refractivity contribution in [2.45, 2.75) is 38.5 Å². The van der Waals surface area contributed by atoms with Crippen molar-refractivity contribution in [3.05, 3.63) is 33.8 Å². The summed E-state index contributed by atoms with van der Waals surface area (Å²) < 4.78 is 10.7. The fourth-order valence-electron chi connectivity index (χ4n) is 5.52. The van der Waals surface area contributed by atoms with Crippen molar-refractivity contribution < 1.29 is 19.1 Å². The molecule has 0 heterocycles. The summed E-state index contributed by atoms with van der Waals surface area (Å²) >= 11 is 11.9. The Bertz CT molecular complexity index is 695. The van der Waals surface area contributed by atoms with E-state index in [4.69, 9.17) is 32.7 Å². The van der Waals surface area contributed by atoms with E-state index in [1.165, 1.54) is 19.3 Å². The first kappa shape index (κ1) is 18.1. The van der Waals surface area contributed by atoms with E-state index < -0.39 is 5.97 Å². The summed E-state index contributed by atoms with van der Waals surface area (Å²) in [6.45, 7) is 0.0876. The van der Waals surface area contributed by atoms with Crippen LogP contribution in [0.4, 0.5) is 0 Å². The van der Waals surface area contributed by atoms with Gasteiger partial charge in [-0.2, -0.15) is 0 Å². The van der Waals surface area contributed by atoms with Crippen LogP contribution >= 0.6 is 23.2 Å². The third-order valence-electron chi connectivity index (χ3n) is 6.19. The van der Waals surface area contributed by atoms with Crippen molar-refractivity contribution in [3.63, 3.8) is 0 Å². The van der Waals surface area contributed by atoms with Crippen LogP contribution < -0.4 is 0 Å². The lowest BCUT2D eigenvalue weighted by atomic mass is 9.49. The quantitative estimate of drug-likeness (QED) is 0.523. The molecule has 4 nitrogen and oxygen atoms in total. The summed E-state index contributed by atoms with van der Waals surface area (Å²) in [5, 5.41) is 0.471. The molecule has 0 amide bonds. The molecule has 4 saturated carbocycles. The van der Waals surface area contributed by atoms with Crippen molar-refractivity contribution in [1.82, 2.24) is 0 Å². The van der Waals surface area contributed by atoms with E-state index in [9.17, 15) is 9.59 Å². The summed E-state index contributed by atoms with van der Waals surface area (Å²) in [5.41, 5.74) is -0.0683. The molecule has 0 aliphatic heterocycles. The van der Waals surface area contributed by atoms with Gasteiger partial charge in [0.15, 0.2) is 0 Å². The molecular weight excluding hydrogens is 375 g/mol. The maximum absolute atomic E-state index is 12.7. The number of hydrogen-bond acceptors (Lipinski definition) is 4. The molecule has 4 aliphatic carbocycles. The van der Waals surface area contributed by atoms with E-state index in [1.807, 2.05) is 0 Å². The van der Waals surface area contributed by atoms with E-state index in [-0.39, 0.29) is 35.2 Å². The Morgan fingerprint density at radius 2 is 1.54 bits per heavy atom. The molecule has 26 heavy (non-hydrogen) atoms. The minimum absolute atomic E-state index is 0.0137. The topological polar surface area (TPSA) is 52.6 Å². The van der Waals surface area contributed by atoms with Crippen molar-refractivity contribution in [3.8, 4) is 0 Å². The SMILES string of the molecule is O=C(OCCOC(=O)C12CC3CC(CC(C3)C1)C2)c1cccc(Cl)c1Cl. The Morgan fingerprint density at radius 3 is 2.15 bits per heavy atom. The smallest absolute Gasteiger partial charge is 0.339 e. The van der Waals surface area contributed by atoms with Gasteiger partial charge < -0.3 is 9.47 Å². The second-order valence-electron chi connectivity index (χ2n) is 8.07. The average Bonchev–Trinajstić information content (AvgIpc) is 2.59. The maximum atomic E-state index is 12.7. The summed E-state index contributed by atoms with van der Waals surface area (Å²) in [6, 6.07) is 4.80. The van der Waals surface area contributed by atoms with Crippen LogP contribution in [0.2, 0.25) is 10.0 Å². The third-order valence-corrected chi connectivity index (χ3v) is 7.01. The van der Waals surface area contributed by atoms with Gasteiger partial charge >= 0.3 is 11.9 Å². The molecule has 4 bridgehead atoms. The minimum Gasteiger partial charge on any atom is -0.462 e. The number of carbonyl (C=O) groups excluding carboxylic acids is 2. The highest BCUT2D eigenvalue weighted by Crippen LogP contribution is 2.60. The van der Waals surface area contributed by atoms with E-state index in [1.54, 1.807) is 18.2 Å². The molecule has 5 rings (SSSR count). The average molecular weight is 397 g/mol. The molecule has 1 aromatic carbocycles. The molecule has 140 valence electrons. The molecule has 0 saturated heterocycles. The van der Waals surface area contributed by atoms with Gasteiger partial charge in [-0.1, -0.05) is 29.3 Å². The molecule has 0 unspecified atom stereocenters. The zero-order chi connectivity index (χ0) is 18.3. The van der Waals surface area contributed by atoms with E-state index in [2.05, 4.69) is 0 Å². The highest BCUT2D eigenvalue weighted by molar-refractivity contribution is 6.43. The second kappa shape index (κ2) is 7.05.